The molecule has 0 bridgehead atoms. The summed E-state index contributed by atoms with van der Waals surface area (Å²) in [7, 11) is 0. The van der Waals surface area contributed by atoms with Crippen LogP contribution in [0.15, 0.2) is 63.4 Å². The minimum Gasteiger partial charge on any atom is -0.384 e. The molecule has 0 saturated carbocycles. The number of nitrogens with one attached hydrogen (secondary N) is 1. The van der Waals surface area contributed by atoms with Gasteiger partial charge in [-0.05, 0) is 30.3 Å². The Kier molecular flexibility index (Phi) is 4.03. The summed E-state index contributed by atoms with van der Waals surface area (Å²) in [6, 6.07) is 12.7. The van der Waals surface area contributed by atoms with E-state index in [-0.39, 0.29) is 5.84 Å². The van der Waals surface area contributed by atoms with E-state index in [1.807, 2.05) is 18.2 Å². The van der Waals surface area contributed by atoms with Crippen molar-refractivity contribution >= 4 is 49.7 Å². The zero-order valence-corrected chi connectivity index (χ0v) is 13.6. The van der Waals surface area contributed by atoms with E-state index in [2.05, 4.69) is 31.1 Å². The lowest BCUT2D eigenvalue weighted by Gasteiger charge is -2.06. The fourth-order valence-corrected chi connectivity index (χ4v) is 2.71. The van der Waals surface area contributed by atoms with E-state index in [9.17, 15) is 0 Å². The van der Waals surface area contributed by atoms with Gasteiger partial charge in [0.1, 0.15) is 11.5 Å². The highest BCUT2D eigenvalue weighted by molar-refractivity contribution is 9.10. The van der Waals surface area contributed by atoms with Crippen molar-refractivity contribution in [2.75, 3.05) is 5.73 Å². The van der Waals surface area contributed by atoms with Crippen LogP contribution in [0, 0.1) is 5.41 Å². The maximum atomic E-state index is 7.38. The molecule has 0 aliphatic carbocycles. The zero-order chi connectivity index (χ0) is 16.4. The van der Waals surface area contributed by atoms with Crippen LogP contribution in [0.25, 0.3) is 10.8 Å². The Morgan fingerprint density at radius 2 is 1.83 bits per heavy atom. The summed E-state index contributed by atoms with van der Waals surface area (Å²) in [5.74, 6) is 0.327. The average molecular weight is 369 g/mol. The third-order valence-electron chi connectivity index (χ3n) is 3.31. The Morgan fingerprint density at radius 1 is 1.09 bits per heavy atom. The lowest BCUT2D eigenvalue weighted by molar-refractivity contribution is 1.22. The molecule has 2 aromatic carbocycles. The smallest absolute Gasteiger partial charge is 0.151 e. The topological polar surface area (TPSA) is 114 Å². The number of benzene rings is 2. The number of aromatic nitrogens is 1. The number of hydrogen-bond donors (Lipinski definition) is 3. The van der Waals surface area contributed by atoms with E-state index in [0.29, 0.717) is 22.8 Å². The maximum Gasteiger partial charge on any atom is 0.151 e. The van der Waals surface area contributed by atoms with Crippen molar-refractivity contribution in [3.63, 3.8) is 0 Å². The molecule has 7 heteroatoms. The first-order valence-corrected chi connectivity index (χ1v) is 7.54. The molecule has 0 aliphatic rings. The molecular formula is C16H13BrN6. The van der Waals surface area contributed by atoms with Crippen molar-refractivity contribution in [3.8, 4) is 0 Å². The molecule has 0 spiro atoms. The molecule has 1 heterocycles. The van der Waals surface area contributed by atoms with E-state index in [1.165, 1.54) is 0 Å². The third kappa shape index (κ3) is 3.04. The second-order valence-electron chi connectivity index (χ2n) is 4.86. The number of nitrogens with two attached hydrogens (primary N) is 2. The van der Waals surface area contributed by atoms with Gasteiger partial charge in [-0.15, -0.1) is 5.11 Å². The number of nitrogen functional groups attached to an aromatic ring is 2. The van der Waals surface area contributed by atoms with Gasteiger partial charge in [-0.2, -0.15) is 5.11 Å². The quantitative estimate of drug-likeness (QED) is 0.364. The molecule has 0 radical (unpaired) electrons. The van der Waals surface area contributed by atoms with Gasteiger partial charge >= 0.3 is 0 Å². The van der Waals surface area contributed by atoms with Crippen molar-refractivity contribution in [2.24, 2.45) is 16.0 Å². The van der Waals surface area contributed by atoms with Crippen molar-refractivity contribution in [1.29, 1.82) is 5.41 Å². The molecule has 0 amide bonds. The van der Waals surface area contributed by atoms with Gasteiger partial charge in [0.05, 0.1) is 5.69 Å². The average Bonchev–Trinajstić information content (AvgIpc) is 2.55. The summed E-state index contributed by atoms with van der Waals surface area (Å²) >= 11 is 3.51. The molecule has 23 heavy (non-hydrogen) atoms. The van der Waals surface area contributed by atoms with Gasteiger partial charge in [-0.25, -0.2) is 4.98 Å². The predicted molar refractivity (Wildman–Crippen MR) is 95.5 cm³/mol. The van der Waals surface area contributed by atoms with Crippen molar-refractivity contribution < 1.29 is 0 Å². The Morgan fingerprint density at radius 3 is 2.52 bits per heavy atom. The van der Waals surface area contributed by atoms with Gasteiger partial charge in [0, 0.05) is 27.0 Å². The van der Waals surface area contributed by atoms with Crippen molar-refractivity contribution in [1.82, 2.24) is 4.98 Å². The summed E-state index contributed by atoms with van der Waals surface area (Å²) in [4.78, 5) is 4.16. The third-order valence-corrected chi connectivity index (χ3v) is 3.97. The van der Waals surface area contributed by atoms with E-state index in [0.717, 1.165) is 15.2 Å². The summed E-state index contributed by atoms with van der Waals surface area (Å²) in [6.07, 6.45) is 1.70. The van der Waals surface area contributed by atoms with Crippen LogP contribution < -0.4 is 11.5 Å². The molecule has 3 aromatic rings. The predicted octanol–water partition coefficient (Wildman–Crippen LogP) is 4.28. The maximum absolute atomic E-state index is 7.38. The van der Waals surface area contributed by atoms with Crippen LogP contribution >= 0.6 is 15.9 Å². The minimum atomic E-state index is 0.0138. The highest BCUT2D eigenvalue weighted by Crippen LogP contribution is 2.36. The molecule has 0 fully saturated rings. The number of amidine groups is 1. The van der Waals surface area contributed by atoms with Gasteiger partial charge in [0.15, 0.2) is 5.82 Å². The fraction of sp³-hybridized carbons (Fsp3) is 0. The molecule has 3 rings (SSSR count). The molecule has 5 N–H and O–H groups in total. The summed E-state index contributed by atoms with van der Waals surface area (Å²) in [6.45, 7) is 0. The monoisotopic (exact) mass is 368 g/mol. The standard InChI is InChI=1S/C16H13BrN6/c17-12-3-1-2-10-8-21-16(20)14(13(10)12)23-22-11-6-4-9(5-7-11)15(18)19/h1-8H,(H3,18,19)(H2,20,21). The first-order chi connectivity index (χ1) is 11.1. The first-order valence-electron chi connectivity index (χ1n) is 6.75. The van der Waals surface area contributed by atoms with Crippen LogP contribution in [-0.2, 0) is 0 Å². The van der Waals surface area contributed by atoms with E-state index in [4.69, 9.17) is 16.9 Å². The van der Waals surface area contributed by atoms with Crippen LogP contribution in [-0.4, -0.2) is 10.8 Å². The molecule has 0 aliphatic heterocycles. The number of anilines is 1. The Labute approximate surface area is 140 Å². The summed E-state index contributed by atoms with van der Waals surface area (Å²) in [5.41, 5.74) is 13.2. The summed E-state index contributed by atoms with van der Waals surface area (Å²) < 4.78 is 0.880. The second kappa shape index (κ2) is 6.13. The highest BCUT2D eigenvalue weighted by atomic mass is 79.9. The molecular weight excluding hydrogens is 356 g/mol. The Hall–Kier alpha value is -2.80. The number of azo groups is 1. The number of rotatable bonds is 3. The molecule has 0 saturated heterocycles. The van der Waals surface area contributed by atoms with E-state index in [1.54, 1.807) is 30.5 Å². The lowest BCUT2D eigenvalue weighted by Crippen LogP contribution is -2.10. The number of nitrogens with zero attached hydrogens (tertiary/aromatic N) is 3. The Balaban J connectivity index is 2.04. The number of pyridine rings is 1. The van der Waals surface area contributed by atoms with Crippen molar-refractivity contribution in [2.45, 2.75) is 0 Å². The van der Waals surface area contributed by atoms with Gasteiger partial charge in [-0.3, -0.25) is 5.41 Å². The van der Waals surface area contributed by atoms with Gasteiger partial charge in [-0.1, -0.05) is 28.1 Å². The second-order valence-corrected chi connectivity index (χ2v) is 5.71. The molecule has 1 aromatic heterocycles. The van der Waals surface area contributed by atoms with Crippen LogP contribution in [0.4, 0.5) is 17.2 Å². The van der Waals surface area contributed by atoms with Gasteiger partial charge in [0.25, 0.3) is 0 Å². The molecule has 0 unspecified atom stereocenters. The first kappa shape index (κ1) is 15.1. The largest absolute Gasteiger partial charge is 0.384 e. The molecule has 6 nitrogen and oxygen atoms in total. The van der Waals surface area contributed by atoms with E-state index < -0.39 is 0 Å². The van der Waals surface area contributed by atoms with E-state index >= 15 is 0 Å². The van der Waals surface area contributed by atoms with Crippen LogP contribution in [0.1, 0.15) is 5.56 Å². The fourth-order valence-electron chi connectivity index (χ4n) is 2.14. The lowest BCUT2D eigenvalue weighted by atomic mass is 10.1. The highest BCUT2D eigenvalue weighted by Gasteiger charge is 2.09. The number of hydrogen-bond acceptors (Lipinski definition) is 5. The minimum absolute atomic E-state index is 0.0138. The SMILES string of the molecule is N=C(N)c1ccc(N=Nc2c(N)ncc3cccc(Br)c23)cc1. The van der Waals surface area contributed by atoms with Gasteiger partial charge < -0.3 is 11.5 Å². The van der Waals surface area contributed by atoms with Crippen LogP contribution in [0.3, 0.4) is 0 Å². The molecule has 114 valence electrons. The summed E-state index contributed by atoms with van der Waals surface area (Å²) in [5, 5.41) is 17.6. The number of fused-ring (bicyclic) bond motifs is 1. The zero-order valence-electron chi connectivity index (χ0n) is 12.0. The van der Waals surface area contributed by atoms with Crippen molar-refractivity contribution in [3.05, 3.63) is 58.7 Å². The Bertz CT molecular complexity index is 918. The normalized spacial score (nSPS) is 11.2. The van der Waals surface area contributed by atoms with Crippen LogP contribution in [0.2, 0.25) is 0 Å². The number of halogens is 1. The molecule has 0 atom stereocenters. The van der Waals surface area contributed by atoms with Gasteiger partial charge in [0.2, 0.25) is 0 Å². The van der Waals surface area contributed by atoms with Crippen LogP contribution in [0.5, 0.6) is 0 Å².